The molecule has 1 amide bonds. The molecular weight excluding hydrogens is 364 g/mol. The first kappa shape index (κ1) is 19.2. The zero-order chi connectivity index (χ0) is 19.6. The van der Waals surface area contributed by atoms with Gasteiger partial charge < -0.3 is 10.1 Å². The summed E-state index contributed by atoms with van der Waals surface area (Å²) in [6.07, 6.45) is 0.709. The maximum absolute atomic E-state index is 13.1. The molecule has 1 aliphatic heterocycles. The fourth-order valence-corrected chi connectivity index (χ4v) is 4.73. The van der Waals surface area contributed by atoms with E-state index < -0.39 is 10.0 Å². The summed E-state index contributed by atoms with van der Waals surface area (Å²) in [6, 6.07) is 12.3. The highest BCUT2D eigenvalue weighted by atomic mass is 32.2. The van der Waals surface area contributed by atoms with Crippen LogP contribution in [-0.4, -0.2) is 33.5 Å². The number of benzene rings is 2. The summed E-state index contributed by atoms with van der Waals surface area (Å²) >= 11 is 0. The van der Waals surface area contributed by atoms with Crippen LogP contribution in [0.1, 0.15) is 25.0 Å². The number of hydrogen-bond acceptors (Lipinski definition) is 4. The third-order valence-corrected chi connectivity index (χ3v) is 6.20. The predicted molar refractivity (Wildman–Crippen MR) is 105 cm³/mol. The van der Waals surface area contributed by atoms with Crippen molar-refractivity contribution >= 4 is 21.6 Å². The SMILES string of the molecule is Cc1cc(S(=O)(=O)N2CCc3ccccc32)ccc1OCC(=O)NC(C)C. The van der Waals surface area contributed by atoms with E-state index in [0.717, 1.165) is 11.3 Å². The maximum atomic E-state index is 13.1. The average Bonchev–Trinajstić information content (AvgIpc) is 3.05. The molecule has 0 aromatic heterocycles. The van der Waals surface area contributed by atoms with E-state index >= 15 is 0 Å². The average molecular weight is 388 g/mol. The van der Waals surface area contributed by atoms with Gasteiger partial charge in [-0.3, -0.25) is 9.10 Å². The largest absolute Gasteiger partial charge is 0.484 e. The Morgan fingerprint density at radius 3 is 2.67 bits per heavy atom. The third kappa shape index (κ3) is 4.08. The van der Waals surface area contributed by atoms with Crippen molar-refractivity contribution in [1.82, 2.24) is 5.32 Å². The molecular formula is C20H24N2O4S. The van der Waals surface area contributed by atoms with E-state index in [2.05, 4.69) is 5.32 Å². The lowest BCUT2D eigenvalue weighted by molar-refractivity contribution is -0.123. The molecule has 144 valence electrons. The van der Waals surface area contributed by atoms with Gasteiger partial charge in [0.15, 0.2) is 6.61 Å². The summed E-state index contributed by atoms with van der Waals surface area (Å²) in [5, 5.41) is 2.75. The monoisotopic (exact) mass is 388 g/mol. The molecule has 1 N–H and O–H groups in total. The Morgan fingerprint density at radius 2 is 1.96 bits per heavy atom. The summed E-state index contributed by atoms with van der Waals surface area (Å²) in [5.74, 6) is 0.282. The topological polar surface area (TPSA) is 75.7 Å². The molecule has 0 aliphatic carbocycles. The molecule has 27 heavy (non-hydrogen) atoms. The Hall–Kier alpha value is -2.54. The summed E-state index contributed by atoms with van der Waals surface area (Å²) < 4.78 is 33.1. The number of ether oxygens (including phenoxy) is 1. The van der Waals surface area contributed by atoms with E-state index in [0.29, 0.717) is 24.3 Å². The molecule has 0 spiro atoms. The number of amides is 1. The fourth-order valence-electron chi connectivity index (χ4n) is 3.14. The van der Waals surface area contributed by atoms with Crippen LogP contribution in [0.2, 0.25) is 0 Å². The number of rotatable bonds is 6. The van der Waals surface area contributed by atoms with E-state index in [-0.39, 0.29) is 23.5 Å². The van der Waals surface area contributed by atoms with Crippen molar-refractivity contribution in [3.63, 3.8) is 0 Å². The number of para-hydroxylation sites is 1. The van der Waals surface area contributed by atoms with Crippen LogP contribution in [0.25, 0.3) is 0 Å². The van der Waals surface area contributed by atoms with Crippen molar-refractivity contribution in [2.45, 2.75) is 38.1 Å². The van der Waals surface area contributed by atoms with E-state index in [1.54, 1.807) is 19.1 Å². The molecule has 0 radical (unpaired) electrons. The summed E-state index contributed by atoms with van der Waals surface area (Å²) in [6.45, 7) is 5.85. The first-order chi connectivity index (χ1) is 12.8. The van der Waals surface area contributed by atoms with Crippen molar-refractivity contribution < 1.29 is 17.9 Å². The normalized spacial score (nSPS) is 13.6. The lowest BCUT2D eigenvalue weighted by atomic mass is 10.2. The maximum Gasteiger partial charge on any atom is 0.264 e. The Balaban J connectivity index is 1.78. The van der Waals surface area contributed by atoms with Crippen LogP contribution < -0.4 is 14.4 Å². The van der Waals surface area contributed by atoms with Gasteiger partial charge in [-0.25, -0.2) is 8.42 Å². The van der Waals surface area contributed by atoms with E-state index in [1.807, 2.05) is 38.1 Å². The molecule has 1 aliphatic rings. The molecule has 0 bridgehead atoms. The van der Waals surface area contributed by atoms with Gasteiger partial charge in [0.05, 0.1) is 10.6 Å². The molecule has 3 rings (SSSR count). The van der Waals surface area contributed by atoms with Gasteiger partial charge in [0.25, 0.3) is 15.9 Å². The molecule has 0 fully saturated rings. The van der Waals surface area contributed by atoms with Crippen LogP contribution in [0, 0.1) is 6.92 Å². The van der Waals surface area contributed by atoms with Crippen molar-refractivity contribution in [1.29, 1.82) is 0 Å². The fraction of sp³-hybridized carbons (Fsp3) is 0.350. The lowest BCUT2D eigenvalue weighted by Gasteiger charge is -2.20. The highest BCUT2D eigenvalue weighted by Crippen LogP contribution is 2.33. The Labute approximate surface area is 160 Å². The zero-order valence-electron chi connectivity index (χ0n) is 15.7. The molecule has 0 atom stereocenters. The van der Waals surface area contributed by atoms with Gasteiger partial charge >= 0.3 is 0 Å². The second kappa shape index (κ2) is 7.60. The second-order valence-electron chi connectivity index (χ2n) is 6.89. The number of fused-ring (bicyclic) bond motifs is 1. The Bertz CT molecular complexity index is 954. The third-order valence-electron chi connectivity index (χ3n) is 4.39. The van der Waals surface area contributed by atoms with E-state index in [9.17, 15) is 13.2 Å². The number of anilines is 1. The molecule has 7 heteroatoms. The van der Waals surface area contributed by atoms with Gasteiger partial charge in [0.1, 0.15) is 5.75 Å². The van der Waals surface area contributed by atoms with Crippen LogP contribution in [0.5, 0.6) is 5.75 Å². The molecule has 1 heterocycles. The standard InChI is InChI=1S/C20H24N2O4S/c1-14(2)21-20(23)13-26-19-9-8-17(12-15(19)3)27(24,25)22-11-10-16-6-4-5-7-18(16)22/h4-9,12,14H,10-11,13H2,1-3H3,(H,21,23). The highest BCUT2D eigenvalue weighted by molar-refractivity contribution is 7.92. The summed E-state index contributed by atoms with van der Waals surface area (Å²) in [7, 11) is -3.64. The van der Waals surface area contributed by atoms with Gasteiger partial charge in [0, 0.05) is 12.6 Å². The number of carbonyl (C=O) groups excluding carboxylic acids is 1. The number of aryl methyl sites for hydroxylation is 1. The smallest absolute Gasteiger partial charge is 0.264 e. The van der Waals surface area contributed by atoms with Crippen molar-refractivity contribution in [2.75, 3.05) is 17.5 Å². The van der Waals surface area contributed by atoms with E-state index in [1.165, 1.54) is 10.4 Å². The molecule has 0 unspecified atom stereocenters. The van der Waals surface area contributed by atoms with Crippen LogP contribution in [0.4, 0.5) is 5.69 Å². The highest BCUT2D eigenvalue weighted by Gasteiger charge is 2.30. The first-order valence-corrected chi connectivity index (χ1v) is 10.4. The predicted octanol–water partition coefficient (Wildman–Crippen LogP) is 2.65. The number of nitrogens with zero attached hydrogens (tertiary/aromatic N) is 1. The van der Waals surface area contributed by atoms with Gasteiger partial charge in [-0.15, -0.1) is 0 Å². The summed E-state index contributed by atoms with van der Waals surface area (Å²) in [4.78, 5) is 11.9. The van der Waals surface area contributed by atoms with Crippen LogP contribution >= 0.6 is 0 Å². The molecule has 6 nitrogen and oxygen atoms in total. The van der Waals surface area contributed by atoms with Crippen molar-refractivity contribution in [3.05, 3.63) is 53.6 Å². The number of hydrogen-bond donors (Lipinski definition) is 1. The van der Waals surface area contributed by atoms with Crippen LogP contribution in [0.3, 0.4) is 0 Å². The summed E-state index contributed by atoms with van der Waals surface area (Å²) in [5.41, 5.74) is 2.44. The molecule has 2 aromatic carbocycles. The Kier molecular flexibility index (Phi) is 5.41. The van der Waals surface area contributed by atoms with Gasteiger partial charge in [0.2, 0.25) is 0 Å². The number of nitrogens with one attached hydrogen (secondary N) is 1. The molecule has 2 aromatic rings. The molecule has 0 saturated carbocycles. The van der Waals surface area contributed by atoms with E-state index in [4.69, 9.17) is 4.74 Å². The number of sulfonamides is 1. The minimum absolute atomic E-state index is 0.0399. The van der Waals surface area contributed by atoms with Crippen molar-refractivity contribution in [2.24, 2.45) is 0 Å². The quantitative estimate of drug-likeness (QED) is 0.825. The second-order valence-corrected chi connectivity index (χ2v) is 8.76. The first-order valence-electron chi connectivity index (χ1n) is 8.92. The van der Waals surface area contributed by atoms with Gasteiger partial charge in [-0.05, 0) is 62.6 Å². The van der Waals surface area contributed by atoms with Crippen LogP contribution in [0.15, 0.2) is 47.4 Å². The Morgan fingerprint density at radius 1 is 1.22 bits per heavy atom. The minimum Gasteiger partial charge on any atom is -0.484 e. The van der Waals surface area contributed by atoms with Gasteiger partial charge in [-0.1, -0.05) is 18.2 Å². The van der Waals surface area contributed by atoms with Gasteiger partial charge in [-0.2, -0.15) is 0 Å². The minimum atomic E-state index is -3.64. The van der Waals surface area contributed by atoms with Crippen LogP contribution in [-0.2, 0) is 21.2 Å². The molecule has 0 saturated heterocycles. The number of carbonyl (C=O) groups is 1. The zero-order valence-corrected chi connectivity index (χ0v) is 16.5. The lowest BCUT2D eigenvalue weighted by Crippen LogP contribution is -2.34. The van der Waals surface area contributed by atoms with Crippen molar-refractivity contribution in [3.8, 4) is 5.75 Å².